The van der Waals surface area contributed by atoms with Crippen LogP contribution < -0.4 is 4.90 Å². The van der Waals surface area contributed by atoms with Crippen molar-refractivity contribution in [2.75, 3.05) is 31.1 Å². The predicted molar refractivity (Wildman–Crippen MR) is 86.4 cm³/mol. The van der Waals surface area contributed by atoms with Crippen molar-refractivity contribution in [2.24, 2.45) is 5.92 Å². The summed E-state index contributed by atoms with van der Waals surface area (Å²) < 4.78 is 0. The van der Waals surface area contributed by atoms with Gasteiger partial charge in [0.1, 0.15) is 0 Å². The second-order valence-corrected chi connectivity index (χ2v) is 6.34. The predicted octanol–water partition coefficient (Wildman–Crippen LogP) is 3.31. The van der Waals surface area contributed by atoms with Crippen LogP contribution >= 0.6 is 0 Å². The normalized spacial score (nSPS) is 21.1. The molecule has 0 atom stereocenters. The van der Waals surface area contributed by atoms with Crippen molar-refractivity contribution in [3.63, 3.8) is 0 Å². The number of rotatable bonds is 2. The van der Waals surface area contributed by atoms with E-state index in [0.717, 1.165) is 39.0 Å². The van der Waals surface area contributed by atoms with Gasteiger partial charge in [0, 0.05) is 37.8 Å². The fraction of sp³-hybridized carbons (Fsp3) is 0.611. The summed E-state index contributed by atoms with van der Waals surface area (Å²) in [5.74, 6) is 0.674. The van der Waals surface area contributed by atoms with Gasteiger partial charge in [0.25, 0.3) is 0 Å². The average Bonchev–Trinajstić information content (AvgIpc) is 2.84. The highest BCUT2D eigenvalue weighted by molar-refractivity contribution is 5.79. The van der Waals surface area contributed by atoms with Gasteiger partial charge in [0.05, 0.1) is 0 Å². The molecule has 2 saturated heterocycles. The van der Waals surface area contributed by atoms with Crippen molar-refractivity contribution in [3.05, 3.63) is 30.3 Å². The molecule has 0 aliphatic carbocycles. The maximum absolute atomic E-state index is 12.7. The second kappa shape index (κ2) is 6.97. The third-order valence-electron chi connectivity index (χ3n) is 4.88. The van der Waals surface area contributed by atoms with E-state index in [4.69, 9.17) is 0 Å². The lowest BCUT2D eigenvalue weighted by Gasteiger charge is -2.35. The van der Waals surface area contributed by atoms with Gasteiger partial charge in [-0.15, -0.1) is 0 Å². The Morgan fingerprint density at radius 1 is 0.857 bits per heavy atom. The number of anilines is 1. The molecule has 3 heteroatoms. The molecule has 2 aliphatic heterocycles. The van der Waals surface area contributed by atoms with Crippen LogP contribution in [0.4, 0.5) is 5.69 Å². The van der Waals surface area contributed by atoms with Gasteiger partial charge >= 0.3 is 0 Å². The summed E-state index contributed by atoms with van der Waals surface area (Å²) >= 11 is 0. The number of carbonyl (C=O) groups excluding carboxylic acids is 1. The van der Waals surface area contributed by atoms with Crippen LogP contribution in [0.5, 0.6) is 0 Å². The maximum Gasteiger partial charge on any atom is 0.225 e. The lowest BCUT2D eigenvalue weighted by atomic mass is 9.94. The summed E-state index contributed by atoms with van der Waals surface area (Å²) in [6.45, 7) is 3.98. The van der Waals surface area contributed by atoms with Crippen molar-refractivity contribution < 1.29 is 4.79 Å². The Morgan fingerprint density at radius 2 is 1.48 bits per heavy atom. The van der Waals surface area contributed by atoms with Crippen LogP contribution in [-0.4, -0.2) is 37.0 Å². The van der Waals surface area contributed by atoms with Gasteiger partial charge in [-0.3, -0.25) is 4.79 Å². The first-order valence-corrected chi connectivity index (χ1v) is 8.43. The van der Waals surface area contributed by atoms with E-state index in [1.807, 2.05) is 0 Å². The highest BCUT2D eigenvalue weighted by atomic mass is 16.2. The molecule has 2 aliphatic rings. The van der Waals surface area contributed by atoms with E-state index < -0.39 is 0 Å². The van der Waals surface area contributed by atoms with Crippen LogP contribution in [0.1, 0.15) is 38.5 Å². The van der Waals surface area contributed by atoms with E-state index >= 15 is 0 Å². The molecule has 2 heterocycles. The first kappa shape index (κ1) is 14.4. The number of amides is 1. The number of hydrogen-bond donors (Lipinski definition) is 0. The van der Waals surface area contributed by atoms with E-state index in [1.165, 1.54) is 31.4 Å². The van der Waals surface area contributed by atoms with Crippen molar-refractivity contribution in [1.29, 1.82) is 0 Å². The molecule has 0 bridgehead atoms. The lowest BCUT2D eigenvalue weighted by molar-refractivity contribution is -0.136. The molecule has 114 valence electrons. The molecule has 1 amide bonds. The fourth-order valence-corrected chi connectivity index (χ4v) is 3.57. The summed E-state index contributed by atoms with van der Waals surface area (Å²) in [5.41, 5.74) is 1.29. The van der Waals surface area contributed by atoms with Crippen LogP contribution in [0.3, 0.4) is 0 Å². The van der Waals surface area contributed by atoms with E-state index in [2.05, 4.69) is 40.1 Å². The van der Waals surface area contributed by atoms with Gasteiger partial charge in [-0.2, -0.15) is 0 Å². The Balaban J connectivity index is 1.54. The van der Waals surface area contributed by atoms with Gasteiger partial charge in [0.15, 0.2) is 0 Å². The molecule has 21 heavy (non-hydrogen) atoms. The zero-order chi connectivity index (χ0) is 14.5. The summed E-state index contributed by atoms with van der Waals surface area (Å²) in [5, 5.41) is 0. The van der Waals surface area contributed by atoms with Gasteiger partial charge in [-0.1, -0.05) is 31.0 Å². The number of benzene rings is 1. The summed E-state index contributed by atoms with van der Waals surface area (Å²) in [7, 11) is 0. The largest absolute Gasteiger partial charge is 0.371 e. The highest BCUT2D eigenvalue weighted by Gasteiger charge is 2.28. The first-order chi connectivity index (χ1) is 10.3. The fourth-order valence-electron chi connectivity index (χ4n) is 3.57. The van der Waals surface area contributed by atoms with Crippen LogP contribution in [0.25, 0.3) is 0 Å². The van der Waals surface area contributed by atoms with E-state index in [-0.39, 0.29) is 5.92 Å². The summed E-state index contributed by atoms with van der Waals surface area (Å²) in [4.78, 5) is 17.2. The molecule has 0 saturated carbocycles. The summed E-state index contributed by atoms with van der Waals surface area (Å²) in [6.07, 6.45) is 6.96. The van der Waals surface area contributed by atoms with Crippen LogP contribution in [0.2, 0.25) is 0 Å². The van der Waals surface area contributed by atoms with Crippen LogP contribution in [0.15, 0.2) is 30.3 Å². The Kier molecular flexibility index (Phi) is 4.79. The minimum atomic E-state index is 0.253. The minimum Gasteiger partial charge on any atom is -0.371 e. The number of hydrogen-bond acceptors (Lipinski definition) is 2. The van der Waals surface area contributed by atoms with Crippen molar-refractivity contribution in [3.8, 4) is 0 Å². The van der Waals surface area contributed by atoms with E-state index in [1.54, 1.807) is 0 Å². The van der Waals surface area contributed by atoms with Crippen LogP contribution in [-0.2, 0) is 4.79 Å². The first-order valence-electron chi connectivity index (χ1n) is 8.43. The molecule has 2 fully saturated rings. The standard InChI is InChI=1S/C18H26N2O/c21-18(20-12-6-1-2-7-13-20)16-10-14-19(15-11-16)17-8-4-3-5-9-17/h3-5,8-9,16H,1-2,6-7,10-15H2. The lowest BCUT2D eigenvalue weighted by Crippen LogP contribution is -2.43. The molecule has 1 aromatic rings. The number of para-hydroxylation sites is 1. The quantitative estimate of drug-likeness (QED) is 0.833. The monoisotopic (exact) mass is 286 g/mol. The topological polar surface area (TPSA) is 23.6 Å². The maximum atomic E-state index is 12.7. The third kappa shape index (κ3) is 3.58. The Morgan fingerprint density at radius 3 is 2.10 bits per heavy atom. The smallest absolute Gasteiger partial charge is 0.225 e. The molecule has 1 aromatic carbocycles. The van der Waals surface area contributed by atoms with Gasteiger partial charge in [-0.25, -0.2) is 0 Å². The van der Waals surface area contributed by atoms with E-state index in [0.29, 0.717) is 5.91 Å². The number of piperidine rings is 1. The summed E-state index contributed by atoms with van der Waals surface area (Å²) in [6, 6.07) is 10.6. The second-order valence-electron chi connectivity index (χ2n) is 6.34. The Hall–Kier alpha value is -1.51. The number of nitrogens with zero attached hydrogens (tertiary/aromatic N) is 2. The average molecular weight is 286 g/mol. The molecular weight excluding hydrogens is 260 g/mol. The van der Waals surface area contributed by atoms with E-state index in [9.17, 15) is 4.79 Å². The molecule has 0 spiro atoms. The molecule has 0 N–H and O–H groups in total. The molecule has 3 rings (SSSR count). The van der Waals surface area contributed by atoms with Gasteiger partial charge in [0.2, 0.25) is 5.91 Å². The highest BCUT2D eigenvalue weighted by Crippen LogP contribution is 2.25. The third-order valence-corrected chi connectivity index (χ3v) is 4.88. The molecular formula is C18H26N2O. The number of carbonyl (C=O) groups is 1. The SMILES string of the molecule is O=C(C1CCN(c2ccccc2)CC1)N1CCCCCC1. The molecule has 0 unspecified atom stereocenters. The van der Waals surface area contributed by atoms with Crippen LogP contribution in [0, 0.1) is 5.92 Å². The molecule has 0 aromatic heterocycles. The zero-order valence-corrected chi connectivity index (χ0v) is 12.8. The number of likely N-dealkylation sites (tertiary alicyclic amines) is 1. The molecule has 0 radical (unpaired) electrons. The van der Waals surface area contributed by atoms with Crippen molar-refractivity contribution in [2.45, 2.75) is 38.5 Å². The Labute approximate surface area is 127 Å². The minimum absolute atomic E-state index is 0.253. The van der Waals surface area contributed by atoms with Crippen molar-refractivity contribution >= 4 is 11.6 Å². The van der Waals surface area contributed by atoms with Gasteiger partial charge in [-0.05, 0) is 37.8 Å². The van der Waals surface area contributed by atoms with Crippen molar-refractivity contribution in [1.82, 2.24) is 4.90 Å². The Bertz CT molecular complexity index is 444. The van der Waals surface area contributed by atoms with Gasteiger partial charge < -0.3 is 9.80 Å². The zero-order valence-electron chi connectivity index (χ0n) is 12.8. The molecule has 3 nitrogen and oxygen atoms in total.